The van der Waals surface area contributed by atoms with Gasteiger partial charge in [0.15, 0.2) is 0 Å². The number of alkyl carbamates (subject to hydrolysis) is 1. The van der Waals surface area contributed by atoms with Gasteiger partial charge in [0.2, 0.25) is 0 Å². The predicted molar refractivity (Wildman–Crippen MR) is 117 cm³/mol. The number of amides is 1. The molecule has 0 aromatic heterocycles. The smallest absolute Gasteiger partial charge is 0.407 e. The Hall–Kier alpha value is -2.40. The van der Waals surface area contributed by atoms with Crippen molar-refractivity contribution in [1.29, 1.82) is 0 Å². The van der Waals surface area contributed by atoms with Crippen LogP contribution in [-0.4, -0.2) is 36.7 Å². The molecule has 1 saturated carbocycles. The first kappa shape index (κ1) is 19.3. The maximum Gasteiger partial charge on any atom is 0.407 e. The summed E-state index contributed by atoms with van der Waals surface area (Å²) in [4.78, 5) is 15.3. The maximum absolute atomic E-state index is 13.7. The van der Waals surface area contributed by atoms with E-state index in [0.717, 1.165) is 69.3 Å². The van der Waals surface area contributed by atoms with E-state index in [2.05, 4.69) is 28.4 Å². The topological polar surface area (TPSA) is 41.6 Å². The Morgan fingerprint density at radius 3 is 2.58 bits per heavy atom. The number of halogens is 1. The number of carbonyl (C=O) groups excluding carboxylic acids is 1. The highest BCUT2D eigenvalue weighted by Crippen LogP contribution is 2.61. The fourth-order valence-electron chi connectivity index (χ4n) is 6.07. The van der Waals surface area contributed by atoms with E-state index in [1.54, 1.807) is 12.1 Å². The molecule has 4 fully saturated rings. The predicted octanol–water partition coefficient (Wildman–Crippen LogP) is 5.08. The van der Waals surface area contributed by atoms with E-state index in [-0.39, 0.29) is 29.5 Å². The largest absolute Gasteiger partial charge is 0.445 e. The molecule has 7 rings (SSSR count). The molecule has 4 nitrogen and oxygen atoms in total. The molecule has 1 spiro atoms. The van der Waals surface area contributed by atoms with Crippen LogP contribution in [0.25, 0.3) is 11.1 Å². The monoisotopic (exact) mass is 420 g/mol. The molecule has 3 heterocycles. The first-order chi connectivity index (χ1) is 15.1. The summed E-state index contributed by atoms with van der Waals surface area (Å²) in [5.74, 6) is 0.292. The molecule has 1 unspecified atom stereocenters. The maximum atomic E-state index is 13.7. The summed E-state index contributed by atoms with van der Waals surface area (Å²) in [7, 11) is 0. The number of ether oxygens (including phenoxy) is 1. The lowest BCUT2D eigenvalue weighted by molar-refractivity contribution is -0.0347. The number of hydrogen-bond acceptors (Lipinski definition) is 3. The number of nitrogens with zero attached hydrogens (tertiary/aromatic N) is 1. The average Bonchev–Trinajstić information content (AvgIpc) is 3.57. The summed E-state index contributed by atoms with van der Waals surface area (Å²) in [5.41, 5.74) is 4.56. The first-order valence-corrected chi connectivity index (χ1v) is 11.7. The Morgan fingerprint density at radius 1 is 1.06 bits per heavy atom. The van der Waals surface area contributed by atoms with Crippen LogP contribution in [0.2, 0.25) is 0 Å². The summed E-state index contributed by atoms with van der Waals surface area (Å²) >= 11 is 0. The molecule has 3 saturated heterocycles. The van der Waals surface area contributed by atoms with Gasteiger partial charge >= 0.3 is 6.09 Å². The Balaban J connectivity index is 1.22. The normalized spacial score (nSPS) is 30.0. The van der Waals surface area contributed by atoms with Crippen molar-refractivity contribution >= 4 is 6.09 Å². The van der Waals surface area contributed by atoms with E-state index in [9.17, 15) is 9.18 Å². The third-order valence-electron chi connectivity index (χ3n) is 8.13. The van der Waals surface area contributed by atoms with Crippen LogP contribution in [0.15, 0.2) is 42.5 Å². The molecule has 2 aromatic rings. The SMILES string of the molecule is O=C(NC1c2ccc(-c3cccc(F)c3)cc2CCC12CC2)O[C@H]1CN2CCC1CC2. The van der Waals surface area contributed by atoms with Crippen LogP contribution < -0.4 is 5.32 Å². The number of piperidine rings is 3. The number of carbonyl (C=O) groups is 1. The van der Waals surface area contributed by atoms with Gasteiger partial charge in [-0.3, -0.25) is 4.90 Å². The van der Waals surface area contributed by atoms with E-state index in [4.69, 9.17) is 4.74 Å². The molecule has 5 aliphatic rings. The standard InChI is InChI=1S/C26H29FN2O2/c27-21-3-1-2-18(15-21)19-4-5-22-20(14-19)6-9-26(10-11-26)24(22)28-25(30)31-23-16-29-12-7-17(23)8-13-29/h1-5,14-15,17,23-24H,6-13,16H2,(H,28,30)/t23-,24?/m0/s1. The third-order valence-corrected chi connectivity index (χ3v) is 8.13. The van der Waals surface area contributed by atoms with Crippen molar-refractivity contribution in [2.45, 2.75) is 50.7 Å². The zero-order valence-electron chi connectivity index (χ0n) is 17.8. The minimum absolute atomic E-state index is 0.00592. The summed E-state index contributed by atoms with van der Waals surface area (Å²) in [5, 5.41) is 3.26. The second kappa shape index (κ2) is 7.33. The summed E-state index contributed by atoms with van der Waals surface area (Å²) < 4.78 is 19.6. The van der Waals surface area contributed by atoms with Gasteiger partial charge in [0.25, 0.3) is 0 Å². The van der Waals surface area contributed by atoms with E-state index >= 15 is 0 Å². The molecule has 1 N–H and O–H groups in total. The number of benzene rings is 2. The van der Waals surface area contributed by atoms with E-state index in [0.29, 0.717) is 5.92 Å². The van der Waals surface area contributed by atoms with Crippen molar-refractivity contribution in [3.05, 3.63) is 59.4 Å². The minimum atomic E-state index is -0.267. The third kappa shape index (κ3) is 3.53. The highest BCUT2D eigenvalue weighted by molar-refractivity contribution is 5.70. The second-order valence-corrected chi connectivity index (χ2v) is 9.95. The van der Waals surface area contributed by atoms with Crippen molar-refractivity contribution in [3.63, 3.8) is 0 Å². The van der Waals surface area contributed by atoms with Crippen LogP contribution in [0.5, 0.6) is 0 Å². The zero-order chi connectivity index (χ0) is 21.0. The van der Waals surface area contributed by atoms with Gasteiger partial charge in [0, 0.05) is 6.54 Å². The van der Waals surface area contributed by atoms with Gasteiger partial charge in [-0.15, -0.1) is 0 Å². The van der Waals surface area contributed by atoms with Gasteiger partial charge in [-0.05, 0) is 97.3 Å². The van der Waals surface area contributed by atoms with Crippen molar-refractivity contribution < 1.29 is 13.9 Å². The lowest BCUT2D eigenvalue weighted by atomic mass is 9.76. The highest BCUT2D eigenvalue weighted by atomic mass is 19.1. The molecule has 2 atom stereocenters. The molecule has 162 valence electrons. The molecule has 5 heteroatoms. The number of aryl methyl sites for hydroxylation is 1. The summed E-state index contributed by atoms with van der Waals surface area (Å²) in [6.07, 6.45) is 6.43. The lowest BCUT2D eigenvalue weighted by Gasteiger charge is -2.44. The zero-order valence-corrected chi connectivity index (χ0v) is 17.8. The van der Waals surface area contributed by atoms with Crippen LogP contribution in [0.1, 0.15) is 49.3 Å². The van der Waals surface area contributed by atoms with Gasteiger partial charge in [-0.2, -0.15) is 0 Å². The van der Waals surface area contributed by atoms with Gasteiger partial charge in [0.05, 0.1) is 6.04 Å². The number of rotatable bonds is 3. The van der Waals surface area contributed by atoms with Crippen molar-refractivity contribution in [2.24, 2.45) is 11.3 Å². The second-order valence-electron chi connectivity index (χ2n) is 9.95. The molecule has 31 heavy (non-hydrogen) atoms. The Morgan fingerprint density at radius 2 is 1.87 bits per heavy atom. The minimum Gasteiger partial charge on any atom is -0.445 e. The van der Waals surface area contributed by atoms with E-state index < -0.39 is 0 Å². The van der Waals surface area contributed by atoms with Crippen LogP contribution >= 0.6 is 0 Å². The number of fused-ring (bicyclic) bond motifs is 4. The first-order valence-electron chi connectivity index (χ1n) is 11.7. The molecule has 2 aliphatic carbocycles. The van der Waals surface area contributed by atoms with Gasteiger partial charge in [-0.1, -0.05) is 30.3 Å². The fourth-order valence-corrected chi connectivity index (χ4v) is 6.07. The van der Waals surface area contributed by atoms with Crippen molar-refractivity contribution in [2.75, 3.05) is 19.6 Å². The Labute approximate surface area is 182 Å². The van der Waals surface area contributed by atoms with E-state index in [1.165, 1.54) is 17.2 Å². The molecule has 2 bridgehead atoms. The molecule has 0 radical (unpaired) electrons. The average molecular weight is 421 g/mol. The van der Waals surface area contributed by atoms with Crippen LogP contribution in [0, 0.1) is 17.2 Å². The Bertz CT molecular complexity index is 1010. The molecule has 2 aromatic carbocycles. The van der Waals surface area contributed by atoms with Crippen molar-refractivity contribution in [1.82, 2.24) is 10.2 Å². The van der Waals surface area contributed by atoms with Crippen LogP contribution in [0.3, 0.4) is 0 Å². The highest BCUT2D eigenvalue weighted by Gasteiger charge is 2.53. The quantitative estimate of drug-likeness (QED) is 0.753. The lowest BCUT2D eigenvalue weighted by Crippen LogP contribution is -2.53. The van der Waals surface area contributed by atoms with Crippen molar-refractivity contribution in [3.8, 4) is 11.1 Å². The fraction of sp³-hybridized carbons (Fsp3) is 0.500. The van der Waals surface area contributed by atoms with Crippen LogP contribution in [-0.2, 0) is 11.2 Å². The molecule has 1 amide bonds. The number of hydrogen-bond donors (Lipinski definition) is 1. The van der Waals surface area contributed by atoms with Gasteiger partial charge < -0.3 is 10.1 Å². The van der Waals surface area contributed by atoms with Gasteiger partial charge in [0.1, 0.15) is 11.9 Å². The molecule has 3 aliphatic heterocycles. The van der Waals surface area contributed by atoms with E-state index in [1.807, 2.05) is 6.07 Å². The van der Waals surface area contributed by atoms with Gasteiger partial charge in [-0.25, -0.2) is 9.18 Å². The summed E-state index contributed by atoms with van der Waals surface area (Å²) in [6.45, 7) is 3.15. The Kier molecular flexibility index (Phi) is 4.57. The summed E-state index contributed by atoms with van der Waals surface area (Å²) in [6, 6.07) is 13.1. The molecular formula is C26H29FN2O2. The van der Waals surface area contributed by atoms with Crippen LogP contribution in [0.4, 0.5) is 9.18 Å². The molecular weight excluding hydrogens is 391 g/mol. The number of nitrogens with one attached hydrogen (secondary N) is 1.